The van der Waals surface area contributed by atoms with Crippen LogP contribution in [0.3, 0.4) is 0 Å². The molecule has 14 heavy (non-hydrogen) atoms. The van der Waals surface area contributed by atoms with Crippen molar-refractivity contribution in [3.05, 3.63) is 27.2 Å². The molecule has 0 radical (unpaired) electrons. The lowest BCUT2D eigenvalue weighted by Crippen LogP contribution is -1.97. The number of aliphatic hydroxyl groups is 1. The molecule has 0 saturated carbocycles. The van der Waals surface area contributed by atoms with Gasteiger partial charge >= 0.3 is 0 Å². The average Bonchev–Trinajstić information content (AvgIpc) is 2.73. The highest BCUT2D eigenvalue weighted by Gasteiger charge is 2.15. The van der Waals surface area contributed by atoms with Gasteiger partial charge in [0.1, 0.15) is 6.10 Å². The fourth-order valence-electron chi connectivity index (χ4n) is 1.08. The molecule has 4 nitrogen and oxygen atoms in total. The minimum Gasteiger partial charge on any atom is -0.381 e. The van der Waals surface area contributed by atoms with Crippen molar-refractivity contribution in [2.24, 2.45) is 0 Å². The van der Waals surface area contributed by atoms with Crippen LogP contribution in [-0.4, -0.2) is 15.1 Å². The van der Waals surface area contributed by atoms with Crippen LogP contribution in [0.1, 0.15) is 21.7 Å². The summed E-state index contributed by atoms with van der Waals surface area (Å²) in [4.78, 5) is 8.81. The molecule has 0 saturated heterocycles. The van der Waals surface area contributed by atoms with Crippen LogP contribution >= 0.6 is 22.7 Å². The highest BCUT2D eigenvalue weighted by molar-refractivity contribution is 7.15. The molecule has 0 aliphatic rings. The molecule has 2 aromatic heterocycles. The van der Waals surface area contributed by atoms with E-state index in [-0.39, 0.29) is 0 Å². The van der Waals surface area contributed by atoms with Crippen molar-refractivity contribution in [3.63, 3.8) is 0 Å². The first-order chi connectivity index (χ1) is 6.66. The average molecular weight is 227 g/mol. The van der Waals surface area contributed by atoms with Crippen molar-refractivity contribution < 1.29 is 5.11 Å². The summed E-state index contributed by atoms with van der Waals surface area (Å²) in [5.41, 5.74) is 6.14. The lowest BCUT2D eigenvalue weighted by atomic mass is 10.2. The lowest BCUT2D eigenvalue weighted by molar-refractivity contribution is 0.219. The lowest BCUT2D eigenvalue weighted by Gasteiger charge is -2.02. The number of aromatic nitrogens is 2. The summed E-state index contributed by atoms with van der Waals surface area (Å²) >= 11 is 2.80. The first-order valence-electron chi connectivity index (χ1n) is 3.98. The molecular weight excluding hydrogens is 218 g/mol. The van der Waals surface area contributed by atoms with E-state index in [0.717, 1.165) is 9.88 Å². The van der Waals surface area contributed by atoms with E-state index in [1.807, 2.05) is 12.3 Å². The van der Waals surface area contributed by atoms with Gasteiger partial charge in [-0.1, -0.05) is 11.3 Å². The summed E-state index contributed by atoms with van der Waals surface area (Å²) in [5.74, 6) is 0. The van der Waals surface area contributed by atoms with Gasteiger partial charge in [-0.15, -0.1) is 11.3 Å². The zero-order valence-corrected chi connectivity index (χ0v) is 9.10. The number of nitrogens with zero attached hydrogens (tertiary/aromatic N) is 2. The summed E-state index contributed by atoms with van der Waals surface area (Å²) in [6, 6.07) is 0. The van der Waals surface area contributed by atoms with Crippen molar-refractivity contribution in [1.29, 1.82) is 0 Å². The molecule has 0 fully saturated rings. The van der Waals surface area contributed by atoms with Crippen LogP contribution in [-0.2, 0) is 0 Å². The third-order valence-corrected chi connectivity index (χ3v) is 3.40. The molecule has 2 heterocycles. The van der Waals surface area contributed by atoms with Crippen molar-refractivity contribution >= 4 is 27.8 Å². The number of aryl methyl sites for hydroxylation is 1. The zero-order valence-electron chi connectivity index (χ0n) is 7.47. The predicted molar refractivity (Wildman–Crippen MR) is 57.4 cm³/mol. The van der Waals surface area contributed by atoms with Gasteiger partial charge in [0, 0.05) is 11.6 Å². The second kappa shape index (κ2) is 3.64. The van der Waals surface area contributed by atoms with E-state index in [4.69, 9.17) is 5.73 Å². The Morgan fingerprint density at radius 1 is 1.57 bits per heavy atom. The Bertz CT molecular complexity index is 397. The van der Waals surface area contributed by atoms with Gasteiger partial charge in [-0.05, 0) is 6.92 Å². The molecule has 0 amide bonds. The molecule has 74 valence electrons. The topological polar surface area (TPSA) is 72.0 Å². The molecule has 0 aliphatic carbocycles. The maximum Gasteiger partial charge on any atom is 0.180 e. The molecular formula is C8H9N3OS2. The second-order valence-corrected chi connectivity index (χ2v) is 4.95. The standard InChI is InChI=1S/C8H9N3OS2/c1-4-11-5(3-13-4)7(12)6-2-10-8(9)14-6/h2-3,7,12H,1H3,(H2,9,10). The Hall–Kier alpha value is -0.980. The number of rotatable bonds is 2. The fourth-order valence-corrected chi connectivity index (χ4v) is 2.39. The minimum absolute atomic E-state index is 0.464. The molecule has 0 aromatic carbocycles. The SMILES string of the molecule is Cc1nc(C(O)c2cnc(N)s2)cs1. The van der Waals surface area contributed by atoms with Gasteiger partial charge in [-0.2, -0.15) is 0 Å². The van der Waals surface area contributed by atoms with E-state index in [0.29, 0.717) is 10.8 Å². The predicted octanol–water partition coefficient (Wildman–Crippen LogP) is 1.57. The highest BCUT2D eigenvalue weighted by atomic mass is 32.1. The Kier molecular flexibility index (Phi) is 2.49. The second-order valence-electron chi connectivity index (χ2n) is 2.79. The highest BCUT2D eigenvalue weighted by Crippen LogP contribution is 2.28. The molecule has 1 atom stereocenters. The maximum absolute atomic E-state index is 9.88. The first-order valence-corrected chi connectivity index (χ1v) is 5.67. The molecule has 0 bridgehead atoms. The fraction of sp³-hybridized carbons (Fsp3) is 0.250. The molecule has 1 unspecified atom stereocenters. The van der Waals surface area contributed by atoms with Crippen LogP contribution in [0, 0.1) is 6.92 Å². The van der Waals surface area contributed by atoms with Crippen LogP contribution in [0.4, 0.5) is 5.13 Å². The van der Waals surface area contributed by atoms with Crippen molar-refractivity contribution in [1.82, 2.24) is 9.97 Å². The van der Waals surface area contributed by atoms with E-state index in [9.17, 15) is 5.11 Å². The number of hydrogen-bond donors (Lipinski definition) is 2. The first kappa shape index (κ1) is 9.57. The van der Waals surface area contributed by atoms with Crippen molar-refractivity contribution in [2.75, 3.05) is 5.73 Å². The largest absolute Gasteiger partial charge is 0.381 e. The summed E-state index contributed by atoms with van der Waals surface area (Å²) in [5, 5.41) is 13.1. The van der Waals surface area contributed by atoms with Gasteiger partial charge < -0.3 is 10.8 Å². The molecule has 6 heteroatoms. The third kappa shape index (κ3) is 1.77. The molecule has 0 aliphatic heterocycles. The minimum atomic E-state index is -0.699. The quantitative estimate of drug-likeness (QED) is 0.817. The van der Waals surface area contributed by atoms with Gasteiger partial charge in [0.2, 0.25) is 0 Å². The van der Waals surface area contributed by atoms with Gasteiger partial charge in [0.25, 0.3) is 0 Å². The smallest absolute Gasteiger partial charge is 0.180 e. The Labute approximate surface area is 89.1 Å². The van der Waals surface area contributed by atoms with E-state index >= 15 is 0 Å². The normalized spacial score (nSPS) is 13.0. The van der Waals surface area contributed by atoms with E-state index < -0.39 is 6.10 Å². The van der Waals surface area contributed by atoms with Crippen LogP contribution in [0.2, 0.25) is 0 Å². The van der Waals surface area contributed by atoms with Crippen LogP contribution < -0.4 is 5.73 Å². The van der Waals surface area contributed by atoms with Crippen LogP contribution in [0.25, 0.3) is 0 Å². The Balaban J connectivity index is 2.28. The van der Waals surface area contributed by atoms with Crippen molar-refractivity contribution in [2.45, 2.75) is 13.0 Å². The number of thiazole rings is 2. The Morgan fingerprint density at radius 2 is 2.36 bits per heavy atom. The zero-order chi connectivity index (χ0) is 10.1. The number of anilines is 1. The van der Waals surface area contributed by atoms with Gasteiger partial charge in [-0.3, -0.25) is 0 Å². The van der Waals surface area contributed by atoms with Crippen LogP contribution in [0.5, 0.6) is 0 Å². The van der Waals surface area contributed by atoms with Gasteiger partial charge in [0.15, 0.2) is 5.13 Å². The number of nitrogens with two attached hydrogens (primary N) is 1. The van der Waals surface area contributed by atoms with Crippen molar-refractivity contribution in [3.8, 4) is 0 Å². The number of aliphatic hydroxyl groups excluding tert-OH is 1. The monoisotopic (exact) mass is 227 g/mol. The molecule has 3 N–H and O–H groups in total. The molecule has 2 aromatic rings. The summed E-state index contributed by atoms with van der Waals surface area (Å²) < 4.78 is 0. The summed E-state index contributed by atoms with van der Waals surface area (Å²) in [6.07, 6.45) is 0.883. The van der Waals surface area contributed by atoms with Gasteiger partial charge in [-0.25, -0.2) is 9.97 Å². The van der Waals surface area contributed by atoms with E-state index in [1.165, 1.54) is 22.7 Å². The Morgan fingerprint density at radius 3 is 2.86 bits per heavy atom. The summed E-state index contributed by atoms with van der Waals surface area (Å²) in [7, 11) is 0. The number of hydrogen-bond acceptors (Lipinski definition) is 6. The van der Waals surface area contributed by atoms with E-state index in [1.54, 1.807) is 6.20 Å². The molecule has 2 rings (SSSR count). The van der Waals surface area contributed by atoms with E-state index in [2.05, 4.69) is 9.97 Å². The number of nitrogen functional groups attached to an aromatic ring is 1. The summed E-state index contributed by atoms with van der Waals surface area (Å²) in [6.45, 7) is 1.90. The maximum atomic E-state index is 9.88. The van der Waals surface area contributed by atoms with Gasteiger partial charge in [0.05, 0.1) is 15.6 Å². The van der Waals surface area contributed by atoms with Crippen LogP contribution in [0.15, 0.2) is 11.6 Å². The molecule has 0 spiro atoms. The third-order valence-electron chi connectivity index (χ3n) is 1.73.